The summed E-state index contributed by atoms with van der Waals surface area (Å²) in [5, 5.41) is 2.87. The second-order valence-electron chi connectivity index (χ2n) is 8.28. The fraction of sp³-hybridized carbons (Fsp3) is 0.269. The van der Waals surface area contributed by atoms with Crippen molar-refractivity contribution >= 4 is 15.9 Å². The number of halogens is 1. The predicted molar refractivity (Wildman–Crippen MR) is 129 cm³/mol. The van der Waals surface area contributed by atoms with Crippen molar-refractivity contribution in [1.29, 1.82) is 0 Å². The molecule has 35 heavy (non-hydrogen) atoms. The maximum absolute atomic E-state index is 14.2. The number of fused-ring (bicyclic) bond motifs is 1. The predicted octanol–water partition coefficient (Wildman–Crippen LogP) is 3.75. The molecule has 3 aromatic rings. The van der Waals surface area contributed by atoms with Gasteiger partial charge in [0.25, 0.3) is 0 Å². The Morgan fingerprint density at radius 3 is 2.40 bits per heavy atom. The van der Waals surface area contributed by atoms with E-state index < -0.39 is 38.7 Å². The van der Waals surface area contributed by atoms with E-state index in [1.54, 1.807) is 43.3 Å². The van der Waals surface area contributed by atoms with E-state index >= 15 is 0 Å². The Hall–Kier alpha value is -3.43. The first kappa shape index (κ1) is 24.7. The molecule has 1 aliphatic rings. The van der Waals surface area contributed by atoms with E-state index in [9.17, 15) is 17.6 Å². The fourth-order valence-electron chi connectivity index (χ4n) is 3.80. The second kappa shape index (κ2) is 10.9. The van der Waals surface area contributed by atoms with Gasteiger partial charge in [0.1, 0.15) is 16.8 Å². The van der Waals surface area contributed by atoms with Crippen LogP contribution in [0.15, 0.2) is 77.7 Å². The summed E-state index contributed by atoms with van der Waals surface area (Å²) in [4.78, 5) is 12.8. The van der Waals surface area contributed by atoms with Crippen LogP contribution in [0.1, 0.15) is 30.5 Å². The number of sulfonamides is 1. The molecule has 2 atom stereocenters. The summed E-state index contributed by atoms with van der Waals surface area (Å²) < 4.78 is 53.9. The number of amides is 1. The number of ether oxygens (including phenoxy) is 2. The van der Waals surface area contributed by atoms with Crippen LogP contribution in [0.5, 0.6) is 11.5 Å². The van der Waals surface area contributed by atoms with Crippen molar-refractivity contribution in [3.8, 4) is 11.5 Å². The molecule has 7 nitrogen and oxygen atoms in total. The Labute approximate surface area is 204 Å². The van der Waals surface area contributed by atoms with Gasteiger partial charge in [-0.2, -0.15) is 4.72 Å². The molecule has 0 fully saturated rings. The van der Waals surface area contributed by atoms with Gasteiger partial charge in [0.2, 0.25) is 15.9 Å². The molecule has 0 aliphatic carbocycles. The zero-order valence-corrected chi connectivity index (χ0v) is 20.1. The summed E-state index contributed by atoms with van der Waals surface area (Å²) in [6.45, 7) is 2.90. The molecule has 2 unspecified atom stereocenters. The van der Waals surface area contributed by atoms with Crippen molar-refractivity contribution in [3.05, 3.63) is 89.7 Å². The van der Waals surface area contributed by atoms with E-state index in [0.717, 1.165) is 29.7 Å². The van der Waals surface area contributed by atoms with E-state index in [-0.39, 0.29) is 6.42 Å². The quantitative estimate of drug-likeness (QED) is 0.493. The van der Waals surface area contributed by atoms with E-state index in [2.05, 4.69) is 10.0 Å². The van der Waals surface area contributed by atoms with Crippen LogP contribution in [0.25, 0.3) is 0 Å². The fourth-order valence-corrected chi connectivity index (χ4v) is 5.07. The molecule has 4 rings (SSSR count). The monoisotopic (exact) mass is 498 g/mol. The molecule has 1 heterocycles. The van der Waals surface area contributed by atoms with Gasteiger partial charge in [0.15, 0.2) is 11.5 Å². The standard InChI is InChI=1S/C26H27FN2O5S/c1-18(20-12-13-23-24(17-20)34-15-7-14-33-23)28-26(30)22(16-19-8-3-2-4-9-19)29-35(31,32)25-11-6-5-10-21(25)27/h2-6,8-13,17-18,22,29H,7,14-16H2,1H3,(H,28,30). The van der Waals surface area contributed by atoms with Crippen molar-refractivity contribution in [2.75, 3.05) is 13.2 Å². The summed E-state index contributed by atoms with van der Waals surface area (Å²) >= 11 is 0. The Bertz CT molecular complexity index is 1280. The minimum absolute atomic E-state index is 0.0915. The average molecular weight is 499 g/mol. The number of nitrogens with one attached hydrogen (secondary N) is 2. The molecule has 0 spiro atoms. The van der Waals surface area contributed by atoms with Crippen LogP contribution in [0.2, 0.25) is 0 Å². The van der Waals surface area contributed by atoms with Gasteiger partial charge in [-0.05, 0) is 48.7 Å². The SMILES string of the molecule is CC(NC(=O)C(Cc1ccccc1)NS(=O)(=O)c1ccccc1F)c1ccc2c(c1)OCCCO2. The first-order chi connectivity index (χ1) is 16.8. The highest BCUT2D eigenvalue weighted by atomic mass is 32.2. The third-order valence-electron chi connectivity index (χ3n) is 5.65. The largest absolute Gasteiger partial charge is 0.490 e. The van der Waals surface area contributed by atoms with Crippen molar-refractivity contribution in [1.82, 2.24) is 10.0 Å². The van der Waals surface area contributed by atoms with Gasteiger partial charge in [0.05, 0.1) is 19.3 Å². The lowest BCUT2D eigenvalue weighted by Gasteiger charge is -2.22. The highest BCUT2D eigenvalue weighted by Gasteiger charge is 2.29. The molecule has 9 heteroatoms. The van der Waals surface area contributed by atoms with Crippen LogP contribution in [-0.4, -0.2) is 33.6 Å². The Balaban J connectivity index is 1.55. The van der Waals surface area contributed by atoms with Crippen molar-refractivity contribution < 1.29 is 27.1 Å². The van der Waals surface area contributed by atoms with E-state index in [1.165, 1.54) is 12.1 Å². The molecule has 184 valence electrons. The first-order valence-electron chi connectivity index (χ1n) is 11.3. The average Bonchev–Trinajstić information content (AvgIpc) is 3.09. The number of rotatable bonds is 8. The summed E-state index contributed by atoms with van der Waals surface area (Å²) in [7, 11) is -4.29. The van der Waals surface area contributed by atoms with E-state index in [1.807, 2.05) is 12.1 Å². The molecule has 0 saturated heterocycles. The normalized spacial score (nSPS) is 15.0. The first-order valence-corrected chi connectivity index (χ1v) is 12.8. The minimum atomic E-state index is -4.29. The minimum Gasteiger partial charge on any atom is -0.490 e. The number of hydrogen-bond donors (Lipinski definition) is 2. The molecular weight excluding hydrogens is 471 g/mol. The van der Waals surface area contributed by atoms with Gasteiger partial charge in [-0.3, -0.25) is 4.79 Å². The van der Waals surface area contributed by atoms with E-state index in [4.69, 9.17) is 9.47 Å². The lowest BCUT2D eigenvalue weighted by atomic mass is 10.0. The van der Waals surface area contributed by atoms with Crippen LogP contribution < -0.4 is 19.5 Å². The van der Waals surface area contributed by atoms with E-state index in [0.29, 0.717) is 24.7 Å². The Morgan fingerprint density at radius 2 is 1.66 bits per heavy atom. The Morgan fingerprint density at radius 1 is 0.971 bits per heavy atom. The van der Waals surface area contributed by atoms with Crippen molar-refractivity contribution in [2.45, 2.75) is 36.7 Å². The summed E-state index contributed by atoms with van der Waals surface area (Å²) in [6.07, 6.45) is 0.869. The van der Waals surface area contributed by atoms with Crippen LogP contribution >= 0.6 is 0 Å². The zero-order valence-electron chi connectivity index (χ0n) is 19.2. The molecular formula is C26H27FN2O5S. The maximum atomic E-state index is 14.2. The number of hydrogen-bond acceptors (Lipinski definition) is 5. The van der Waals surface area contributed by atoms with Crippen LogP contribution in [-0.2, 0) is 21.2 Å². The van der Waals surface area contributed by atoms with Gasteiger partial charge in [-0.25, -0.2) is 12.8 Å². The highest BCUT2D eigenvalue weighted by Crippen LogP contribution is 2.32. The molecule has 1 aliphatic heterocycles. The lowest BCUT2D eigenvalue weighted by Crippen LogP contribution is -2.48. The van der Waals surface area contributed by atoms with Gasteiger partial charge >= 0.3 is 0 Å². The third kappa shape index (κ3) is 6.17. The second-order valence-corrected chi connectivity index (χ2v) is 9.96. The number of carbonyl (C=O) groups excluding carboxylic acids is 1. The topological polar surface area (TPSA) is 93.7 Å². The molecule has 0 aromatic heterocycles. The maximum Gasteiger partial charge on any atom is 0.244 e. The number of benzene rings is 3. The summed E-state index contributed by atoms with van der Waals surface area (Å²) in [5.41, 5.74) is 1.53. The van der Waals surface area contributed by atoms with Crippen molar-refractivity contribution in [3.63, 3.8) is 0 Å². The lowest BCUT2D eigenvalue weighted by molar-refractivity contribution is -0.123. The molecule has 0 saturated carbocycles. The molecule has 2 N–H and O–H groups in total. The number of carbonyl (C=O) groups is 1. The third-order valence-corrected chi connectivity index (χ3v) is 7.16. The molecule has 3 aromatic carbocycles. The molecule has 0 bridgehead atoms. The smallest absolute Gasteiger partial charge is 0.244 e. The summed E-state index contributed by atoms with van der Waals surface area (Å²) in [6, 6.07) is 17.9. The van der Waals surface area contributed by atoms with Gasteiger partial charge in [0, 0.05) is 6.42 Å². The highest BCUT2D eigenvalue weighted by molar-refractivity contribution is 7.89. The summed E-state index contributed by atoms with van der Waals surface area (Å²) in [5.74, 6) is -0.181. The van der Waals surface area contributed by atoms with Crippen molar-refractivity contribution in [2.24, 2.45) is 0 Å². The van der Waals surface area contributed by atoms with Gasteiger partial charge < -0.3 is 14.8 Å². The van der Waals surface area contributed by atoms with Gasteiger partial charge in [-0.15, -0.1) is 0 Å². The molecule has 0 radical (unpaired) electrons. The van der Waals surface area contributed by atoms with Gasteiger partial charge in [-0.1, -0.05) is 48.5 Å². The Kier molecular flexibility index (Phi) is 7.67. The van der Waals surface area contributed by atoms with Crippen LogP contribution in [0.3, 0.4) is 0 Å². The van der Waals surface area contributed by atoms with Crippen LogP contribution in [0.4, 0.5) is 4.39 Å². The zero-order chi connectivity index (χ0) is 24.8. The van der Waals surface area contributed by atoms with Crippen LogP contribution in [0, 0.1) is 5.82 Å². The molecule has 1 amide bonds.